The Morgan fingerprint density at radius 1 is 1.16 bits per heavy atom. The van der Waals surface area contributed by atoms with Crippen molar-refractivity contribution in [2.45, 2.75) is 19.9 Å². The first-order chi connectivity index (χ1) is 14.8. The van der Waals surface area contributed by atoms with Crippen molar-refractivity contribution in [2.75, 3.05) is 19.8 Å². The van der Waals surface area contributed by atoms with Crippen molar-refractivity contribution in [1.29, 1.82) is 0 Å². The molecule has 0 radical (unpaired) electrons. The fourth-order valence-corrected chi connectivity index (χ4v) is 3.59. The summed E-state index contributed by atoms with van der Waals surface area (Å²) in [4.78, 5) is 21.1. The number of carbonyl (C=O) groups is 1. The second-order valence-corrected chi connectivity index (χ2v) is 7.26. The van der Waals surface area contributed by atoms with Crippen LogP contribution in [0, 0.1) is 17.5 Å². The Bertz CT molecular complexity index is 1060. The van der Waals surface area contributed by atoms with Crippen LogP contribution in [-0.2, 0) is 14.3 Å². The van der Waals surface area contributed by atoms with Crippen LogP contribution in [0.2, 0.25) is 0 Å². The molecule has 0 spiro atoms. The van der Waals surface area contributed by atoms with Gasteiger partial charge in [0.05, 0.1) is 30.7 Å². The highest BCUT2D eigenvalue weighted by Crippen LogP contribution is 2.36. The fraction of sp³-hybridized carbons (Fsp3) is 0.286. The van der Waals surface area contributed by atoms with Crippen LogP contribution in [0.15, 0.2) is 51.2 Å². The molecule has 0 fully saturated rings. The molecule has 0 saturated heterocycles. The van der Waals surface area contributed by atoms with Gasteiger partial charge < -0.3 is 14.8 Å². The highest BCUT2D eigenvalue weighted by molar-refractivity contribution is 9.10. The van der Waals surface area contributed by atoms with E-state index in [1.807, 2.05) is 0 Å². The van der Waals surface area contributed by atoms with E-state index in [0.717, 1.165) is 6.20 Å². The Kier molecular flexibility index (Phi) is 7.45. The zero-order chi connectivity index (χ0) is 22.5. The van der Waals surface area contributed by atoms with Crippen LogP contribution in [0.3, 0.4) is 0 Å². The van der Waals surface area contributed by atoms with Gasteiger partial charge in [-0.2, -0.15) is 0 Å². The molecule has 0 aliphatic carbocycles. The van der Waals surface area contributed by atoms with Crippen LogP contribution in [-0.4, -0.2) is 36.6 Å². The van der Waals surface area contributed by atoms with E-state index in [-0.39, 0.29) is 36.0 Å². The van der Waals surface area contributed by atoms with Gasteiger partial charge in [0.25, 0.3) is 0 Å². The number of rotatable bonds is 7. The maximum atomic E-state index is 14.4. The number of hydrogen-bond donors (Lipinski definition) is 1. The summed E-state index contributed by atoms with van der Waals surface area (Å²) in [6, 6.07) is 3.62. The Labute approximate surface area is 185 Å². The van der Waals surface area contributed by atoms with Gasteiger partial charge in [-0.3, -0.25) is 4.99 Å². The van der Waals surface area contributed by atoms with E-state index in [2.05, 4.69) is 31.2 Å². The van der Waals surface area contributed by atoms with Gasteiger partial charge in [-0.05, 0) is 31.5 Å². The molecule has 2 heterocycles. The van der Waals surface area contributed by atoms with Crippen molar-refractivity contribution < 1.29 is 27.4 Å². The van der Waals surface area contributed by atoms with Crippen molar-refractivity contribution >= 4 is 27.7 Å². The zero-order valence-electron chi connectivity index (χ0n) is 16.7. The predicted octanol–water partition coefficient (Wildman–Crippen LogP) is 4.21. The van der Waals surface area contributed by atoms with E-state index < -0.39 is 29.5 Å². The molecule has 0 bridgehead atoms. The summed E-state index contributed by atoms with van der Waals surface area (Å²) < 4.78 is 52.5. The minimum atomic E-state index is -0.980. The monoisotopic (exact) mass is 497 g/mol. The topological polar surface area (TPSA) is 72.8 Å². The van der Waals surface area contributed by atoms with Gasteiger partial charge in [0, 0.05) is 17.1 Å². The van der Waals surface area contributed by atoms with E-state index in [4.69, 9.17) is 9.47 Å². The lowest BCUT2D eigenvalue weighted by molar-refractivity contribution is -0.139. The number of nitrogens with zero attached hydrogens (tertiary/aromatic N) is 2. The van der Waals surface area contributed by atoms with Crippen molar-refractivity contribution in [3.05, 3.63) is 74.9 Å². The molecule has 6 nitrogen and oxygen atoms in total. The summed E-state index contributed by atoms with van der Waals surface area (Å²) >= 11 is 3.30. The maximum Gasteiger partial charge on any atom is 0.338 e. The van der Waals surface area contributed by atoms with Crippen LogP contribution >= 0.6 is 15.9 Å². The summed E-state index contributed by atoms with van der Waals surface area (Å²) in [7, 11) is 0. The van der Waals surface area contributed by atoms with Gasteiger partial charge in [-0.15, -0.1) is 0 Å². The van der Waals surface area contributed by atoms with Crippen LogP contribution in [0.1, 0.15) is 31.1 Å². The van der Waals surface area contributed by atoms with Gasteiger partial charge in [0.15, 0.2) is 11.7 Å². The standard InChI is InChI=1S/C21H19BrF3N3O3/c1-3-30-10-16-17(21(29)31-4-2)18(13-6-5-11(23)7-14(13)22)28-20(27-16)19-15(25)8-12(24)9-26-19/h5-9,18H,3-4,10H2,1-2H3,(H,27,28). The summed E-state index contributed by atoms with van der Waals surface area (Å²) in [5.74, 6) is -2.94. The molecule has 31 heavy (non-hydrogen) atoms. The molecule has 3 rings (SSSR count). The number of halogens is 4. The van der Waals surface area contributed by atoms with Crippen molar-refractivity contribution in [1.82, 2.24) is 10.3 Å². The molecule has 0 saturated carbocycles. The predicted molar refractivity (Wildman–Crippen MR) is 111 cm³/mol. The van der Waals surface area contributed by atoms with E-state index in [9.17, 15) is 18.0 Å². The number of amidine groups is 1. The number of esters is 1. The molecular weight excluding hydrogens is 479 g/mol. The molecular formula is C21H19BrF3N3O3. The Morgan fingerprint density at radius 3 is 2.58 bits per heavy atom. The van der Waals surface area contributed by atoms with Crippen LogP contribution in [0.4, 0.5) is 13.2 Å². The lowest BCUT2D eigenvalue weighted by Gasteiger charge is -2.28. The smallest absolute Gasteiger partial charge is 0.338 e. The molecule has 10 heteroatoms. The van der Waals surface area contributed by atoms with Crippen molar-refractivity contribution in [3.8, 4) is 0 Å². The number of ether oxygens (including phenoxy) is 2. The molecule has 1 aliphatic rings. The minimum absolute atomic E-state index is 0.0260. The van der Waals surface area contributed by atoms with Gasteiger partial charge in [-0.1, -0.05) is 22.0 Å². The second kappa shape index (κ2) is 10.1. The average Bonchev–Trinajstić information content (AvgIpc) is 2.71. The Hall–Kier alpha value is -2.72. The molecule has 164 valence electrons. The third kappa shape index (κ3) is 5.13. The SMILES string of the molecule is CCOCC1=C(C(=O)OCC)C(c2ccc(F)cc2Br)N=C(c2ncc(F)cc2F)N1. The largest absolute Gasteiger partial charge is 0.463 e. The second-order valence-electron chi connectivity index (χ2n) is 6.40. The van der Waals surface area contributed by atoms with Crippen molar-refractivity contribution in [2.24, 2.45) is 4.99 Å². The molecule has 1 aromatic carbocycles. The molecule has 1 aliphatic heterocycles. The van der Waals surface area contributed by atoms with E-state index in [0.29, 0.717) is 22.7 Å². The molecule has 1 atom stereocenters. The number of carbonyl (C=O) groups excluding carboxylic acids is 1. The van der Waals surface area contributed by atoms with Gasteiger partial charge in [0.2, 0.25) is 0 Å². The molecule has 1 unspecified atom stereocenters. The lowest BCUT2D eigenvalue weighted by atomic mass is 9.95. The summed E-state index contributed by atoms with van der Waals surface area (Å²) in [6.45, 7) is 3.87. The molecule has 1 aromatic heterocycles. The molecule has 1 N–H and O–H groups in total. The third-order valence-electron chi connectivity index (χ3n) is 4.36. The number of hydrogen-bond acceptors (Lipinski definition) is 6. The Balaban J connectivity index is 2.19. The van der Waals surface area contributed by atoms with E-state index in [1.54, 1.807) is 13.8 Å². The first-order valence-electron chi connectivity index (χ1n) is 9.44. The first-order valence-corrected chi connectivity index (χ1v) is 10.2. The average molecular weight is 498 g/mol. The van der Waals surface area contributed by atoms with E-state index >= 15 is 0 Å². The summed E-state index contributed by atoms with van der Waals surface area (Å²) in [5, 5.41) is 2.87. The van der Waals surface area contributed by atoms with E-state index in [1.165, 1.54) is 18.2 Å². The van der Waals surface area contributed by atoms with Gasteiger partial charge in [0.1, 0.15) is 23.4 Å². The van der Waals surface area contributed by atoms with Crippen LogP contribution < -0.4 is 5.32 Å². The highest BCUT2D eigenvalue weighted by Gasteiger charge is 2.34. The highest BCUT2D eigenvalue weighted by atomic mass is 79.9. The molecule has 2 aromatic rings. The van der Waals surface area contributed by atoms with Crippen LogP contribution in [0.25, 0.3) is 0 Å². The number of nitrogens with one attached hydrogen (secondary N) is 1. The Morgan fingerprint density at radius 2 is 1.94 bits per heavy atom. The first kappa shape index (κ1) is 23.0. The lowest BCUT2D eigenvalue weighted by Crippen LogP contribution is -2.36. The summed E-state index contributed by atoms with van der Waals surface area (Å²) in [6.07, 6.45) is 0.859. The summed E-state index contributed by atoms with van der Waals surface area (Å²) in [5.41, 5.74) is 0.632. The molecule has 0 amide bonds. The zero-order valence-corrected chi connectivity index (χ0v) is 18.3. The maximum absolute atomic E-state index is 14.4. The van der Waals surface area contributed by atoms with Gasteiger partial charge in [-0.25, -0.2) is 22.9 Å². The number of pyridine rings is 1. The number of benzene rings is 1. The minimum Gasteiger partial charge on any atom is -0.463 e. The van der Waals surface area contributed by atoms with Crippen LogP contribution in [0.5, 0.6) is 0 Å². The number of aliphatic imine (C=N–C) groups is 1. The third-order valence-corrected chi connectivity index (χ3v) is 5.05. The van der Waals surface area contributed by atoms with Gasteiger partial charge >= 0.3 is 5.97 Å². The number of aromatic nitrogens is 1. The fourth-order valence-electron chi connectivity index (χ4n) is 3.02. The normalized spacial score (nSPS) is 16.1. The van der Waals surface area contributed by atoms with Crippen molar-refractivity contribution in [3.63, 3.8) is 0 Å². The quantitative estimate of drug-likeness (QED) is 0.580.